The van der Waals surface area contributed by atoms with Crippen LogP contribution in [0.15, 0.2) is 24.3 Å². The molecule has 82 valence electrons. The molecule has 0 aliphatic heterocycles. The number of nitrogens with one attached hydrogen (secondary N) is 1. The van der Waals surface area contributed by atoms with E-state index < -0.39 is 0 Å². The minimum absolute atomic E-state index is 0.106. The Morgan fingerprint density at radius 3 is 2.75 bits per heavy atom. The molecule has 0 bridgehead atoms. The zero-order valence-corrected chi connectivity index (χ0v) is 8.81. The molecule has 1 aromatic carbocycles. The molecular weight excluding hydrogens is 202 g/mol. The lowest BCUT2D eigenvalue weighted by molar-refractivity contribution is -0.121. The fourth-order valence-electron chi connectivity index (χ4n) is 1.97. The maximum atomic E-state index is 11.1. The zero-order chi connectivity index (χ0) is 11.5. The topological polar surface area (TPSA) is 59.5 Å². The summed E-state index contributed by atoms with van der Waals surface area (Å²) in [7, 11) is 0. The lowest BCUT2D eigenvalue weighted by Gasteiger charge is -2.00. The summed E-state index contributed by atoms with van der Waals surface area (Å²) in [4.78, 5) is 14.4. The average Bonchev–Trinajstić information content (AvgIpc) is 3.08. The number of hydrogen-bond acceptors (Lipinski definition) is 2. The van der Waals surface area contributed by atoms with E-state index in [9.17, 15) is 4.79 Å². The fraction of sp³-hybridized carbons (Fsp3) is 0.333. The van der Waals surface area contributed by atoms with Gasteiger partial charge in [0.25, 0.3) is 0 Å². The summed E-state index contributed by atoms with van der Waals surface area (Å²) in [6.07, 6.45) is 1.52. The zero-order valence-electron chi connectivity index (χ0n) is 8.81. The van der Waals surface area contributed by atoms with E-state index in [-0.39, 0.29) is 5.91 Å². The van der Waals surface area contributed by atoms with Crippen LogP contribution in [0.2, 0.25) is 0 Å². The highest BCUT2D eigenvalue weighted by Gasteiger charge is 2.39. The molecule has 0 saturated heterocycles. The van der Waals surface area contributed by atoms with Gasteiger partial charge < -0.3 is 0 Å². The van der Waals surface area contributed by atoms with Crippen LogP contribution in [-0.2, 0) is 4.79 Å². The third-order valence-corrected chi connectivity index (χ3v) is 2.98. The molecule has 1 aliphatic carbocycles. The van der Waals surface area contributed by atoms with Crippen molar-refractivity contribution < 1.29 is 4.79 Å². The summed E-state index contributed by atoms with van der Waals surface area (Å²) in [5.74, 6) is 5.79. The van der Waals surface area contributed by atoms with Gasteiger partial charge in [0.2, 0.25) is 5.91 Å². The Kier molecular flexibility index (Phi) is 2.88. The molecule has 1 aromatic rings. The van der Waals surface area contributed by atoms with Gasteiger partial charge in [0, 0.05) is 6.42 Å². The van der Waals surface area contributed by atoms with Crippen LogP contribution < -0.4 is 11.3 Å². The van der Waals surface area contributed by atoms with Crippen LogP contribution in [0.4, 0.5) is 5.69 Å². The van der Waals surface area contributed by atoms with E-state index in [1.165, 1.54) is 5.56 Å². The van der Waals surface area contributed by atoms with Crippen LogP contribution in [0.5, 0.6) is 0 Å². The summed E-state index contributed by atoms with van der Waals surface area (Å²) in [5, 5.41) is 0. The standard InChI is InChI=1S/C12H13N3O/c1-14-10-4-2-8(3-5-10)11-6-9(11)7-12(16)15-13/h2-5,9,11H,6-7,13H2,(H,15,16). The maximum absolute atomic E-state index is 11.1. The SMILES string of the molecule is [C-]#[N+]c1ccc(C2CC2CC(=O)NN)cc1. The van der Waals surface area contributed by atoms with Gasteiger partial charge in [0.05, 0.1) is 6.57 Å². The first kappa shape index (κ1) is 10.7. The molecule has 1 fully saturated rings. The quantitative estimate of drug-likeness (QED) is 0.349. The molecule has 16 heavy (non-hydrogen) atoms. The molecule has 2 atom stereocenters. The van der Waals surface area contributed by atoms with Crippen LogP contribution >= 0.6 is 0 Å². The first-order chi connectivity index (χ1) is 7.74. The Labute approximate surface area is 94.2 Å². The van der Waals surface area contributed by atoms with E-state index in [1.54, 1.807) is 0 Å². The summed E-state index contributed by atoms with van der Waals surface area (Å²) >= 11 is 0. The van der Waals surface area contributed by atoms with Gasteiger partial charge >= 0.3 is 0 Å². The van der Waals surface area contributed by atoms with Gasteiger partial charge in [0.1, 0.15) is 0 Å². The number of amides is 1. The minimum atomic E-state index is -0.106. The predicted molar refractivity (Wildman–Crippen MR) is 60.5 cm³/mol. The number of rotatable bonds is 3. The predicted octanol–water partition coefficient (Wildman–Crippen LogP) is 1.72. The van der Waals surface area contributed by atoms with Crippen LogP contribution in [0.25, 0.3) is 4.85 Å². The number of benzene rings is 1. The maximum Gasteiger partial charge on any atom is 0.234 e. The summed E-state index contributed by atoms with van der Waals surface area (Å²) < 4.78 is 0. The minimum Gasteiger partial charge on any atom is -0.294 e. The Bertz CT molecular complexity index is 433. The molecule has 1 amide bonds. The second-order valence-electron chi connectivity index (χ2n) is 4.08. The lowest BCUT2D eigenvalue weighted by Crippen LogP contribution is -2.30. The lowest BCUT2D eigenvalue weighted by atomic mass is 10.1. The fourth-order valence-corrected chi connectivity index (χ4v) is 1.97. The van der Waals surface area contributed by atoms with Gasteiger partial charge in [-0.1, -0.05) is 24.3 Å². The van der Waals surface area contributed by atoms with E-state index in [4.69, 9.17) is 12.4 Å². The third-order valence-electron chi connectivity index (χ3n) is 2.98. The number of nitrogens with two attached hydrogens (primary N) is 1. The Balaban J connectivity index is 1.96. The smallest absolute Gasteiger partial charge is 0.234 e. The summed E-state index contributed by atoms with van der Waals surface area (Å²) in [6, 6.07) is 7.58. The number of carbonyl (C=O) groups is 1. The van der Waals surface area contributed by atoms with Crippen molar-refractivity contribution in [1.82, 2.24) is 5.43 Å². The van der Waals surface area contributed by atoms with Gasteiger partial charge in [-0.05, 0) is 23.8 Å². The molecule has 1 aliphatic rings. The van der Waals surface area contributed by atoms with Crippen molar-refractivity contribution in [2.45, 2.75) is 18.8 Å². The van der Waals surface area contributed by atoms with Gasteiger partial charge in [-0.2, -0.15) is 0 Å². The van der Waals surface area contributed by atoms with Crippen LogP contribution in [0.3, 0.4) is 0 Å². The molecular formula is C12H13N3O. The van der Waals surface area contributed by atoms with Crippen molar-refractivity contribution in [3.05, 3.63) is 41.2 Å². The molecule has 4 heteroatoms. The highest BCUT2D eigenvalue weighted by Crippen LogP contribution is 2.49. The molecule has 0 radical (unpaired) electrons. The highest BCUT2D eigenvalue weighted by atomic mass is 16.2. The first-order valence-electron chi connectivity index (χ1n) is 5.21. The number of hydrazine groups is 1. The number of hydrogen-bond donors (Lipinski definition) is 2. The van der Waals surface area contributed by atoms with Crippen molar-refractivity contribution in [3.63, 3.8) is 0 Å². The average molecular weight is 215 g/mol. The van der Waals surface area contributed by atoms with Crippen molar-refractivity contribution in [2.24, 2.45) is 11.8 Å². The van der Waals surface area contributed by atoms with Crippen LogP contribution in [-0.4, -0.2) is 5.91 Å². The molecule has 3 N–H and O–H groups in total. The monoisotopic (exact) mass is 215 g/mol. The molecule has 0 spiro atoms. The summed E-state index contributed by atoms with van der Waals surface area (Å²) in [5.41, 5.74) is 4.01. The molecule has 1 saturated carbocycles. The molecule has 0 aromatic heterocycles. The normalized spacial score (nSPS) is 22.2. The van der Waals surface area contributed by atoms with Gasteiger partial charge in [-0.25, -0.2) is 10.7 Å². The molecule has 2 rings (SSSR count). The van der Waals surface area contributed by atoms with Crippen molar-refractivity contribution >= 4 is 11.6 Å². The van der Waals surface area contributed by atoms with E-state index in [1.807, 2.05) is 24.3 Å². The second-order valence-corrected chi connectivity index (χ2v) is 4.08. The van der Waals surface area contributed by atoms with E-state index in [2.05, 4.69) is 10.3 Å². The van der Waals surface area contributed by atoms with E-state index in [0.29, 0.717) is 23.9 Å². The molecule has 0 heterocycles. The van der Waals surface area contributed by atoms with Crippen molar-refractivity contribution in [1.29, 1.82) is 0 Å². The second kappa shape index (κ2) is 4.33. The number of carbonyl (C=O) groups excluding carboxylic acids is 1. The van der Waals surface area contributed by atoms with Crippen LogP contribution in [0, 0.1) is 12.5 Å². The Morgan fingerprint density at radius 2 is 2.19 bits per heavy atom. The third kappa shape index (κ3) is 2.20. The Morgan fingerprint density at radius 1 is 1.50 bits per heavy atom. The molecule has 4 nitrogen and oxygen atoms in total. The van der Waals surface area contributed by atoms with Gasteiger partial charge in [-0.15, -0.1) is 0 Å². The number of nitrogens with zero attached hydrogens (tertiary/aromatic N) is 1. The Hall–Kier alpha value is -1.86. The van der Waals surface area contributed by atoms with Crippen LogP contribution in [0.1, 0.15) is 24.3 Å². The van der Waals surface area contributed by atoms with Crippen molar-refractivity contribution in [2.75, 3.05) is 0 Å². The summed E-state index contributed by atoms with van der Waals surface area (Å²) in [6.45, 7) is 6.85. The van der Waals surface area contributed by atoms with Gasteiger partial charge in [-0.3, -0.25) is 10.2 Å². The molecule has 2 unspecified atom stereocenters. The van der Waals surface area contributed by atoms with E-state index in [0.717, 1.165) is 6.42 Å². The van der Waals surface area contributed by atoms with Crippen molar-refractivity contribution in [3.8, 4) is 0 Å². The van der Waals surface area contributed by atoms with Gasteiger partial charge in [0.15, 0.2) is 5.69 Å². The van der Waals surface area contributed by atoms with E-state index >= 15 is 0 Å². The highest BCUT2D eigenvalue weighted by molar-refractivity contribution is 5.76. The first-order valence-corrected chi connectivity index (χ1v) is 5.21. The largest absolute Gasteiger partial charge is 0.294 e.